The second-order valence-electron chi connectivity index (χ2n) is 8.64. The standard InChI is InChI=1S/C23H19FN4O5S3/c1-23(2,21-25-19-14(24)8-13(9-15(19)34-21)12-6-4-3-5-7-12)36(31,32)11-18-28-27-17(33-18)10-16-20(29)26-22(30)35-16/h3-9,16H,10-11H2,1-2H3,(H,26,29,30). The number of carbonyl (C=O) groups is 2. The number of thiazole rings is 1. The average molecular weight is 547 g/mol. The average Bonchev–Trinajstić information content (AvgIpc) is 3.53. The molecule has 1 atom stereocenters. The van der Waals surface area contributed by atoms with Crippen LogP contribution in [-0.4, -0.2) is 40.0 Å². The minimum absolute atomic E-state index is 0.000422. The van der Waals surface area contributed by atoms with Gasteiger partial charge in [-0.2, -0.15) is 0 Å². The van der Waals surface area contributed by atoms with Crippen LogP contribution in [0.2, 0.25) is 0 Å². The topological polar surface area (TPSA) is 132 Å². The minimum atomic E-state index is -3.93. The van der Waals surface area contributed by atoms with E-state index in [9.17, 15) is 22.4 Å². The van der Waals surface area contributed by atoms with E-state index in [0.29, 0.717) is 10.3 Å². The molecule has 0 bridgehead atoms. The summed E-state index contributed by atoms with van der Waals surface area (Å²) in [6.07, 6.45) is -0.000422. The van der Waals surface area contributed by atoms with Crippen LogP contribution in [-0.2, 0) is 31.6 Å². The number of imide groups is 1. The number of hydrogen-bond acceptors (Lipinski definition) is 10. The first-order valence-corrected chi connectivity index (χ1v) is 14.1. The molecule has 1 saturated heterocycles. The highest BCUT2D eigenvalue weighted by Crippen LogP contribution is 2.39. The Bertz CT molecular complexity index is 1600. The SMILES string of the molecule is CC(C)(c1nc2c(F)cc(-c3ccccc3)cc2s1)S(=O)(=O)Cc1nnc(CC2SC(=O)NC2=O)o1. The van der Waals surface area contributed by atoms with Gasteiger partial charge in [-0.3, -0.25) is 14.9 Å². The maximum atomic E-state index is 14.9. The van der Waals surface area contributed by atoms with Crippen molar-refractivity contribution in [3.05, 3.63) is 65.1 Å². The molecule has 9 nitrogen and oxygen atoms in total. The van der Waals surface area contributed by atoms with Crippen LogP contribution in [0.1, 0.15) is 30.6 Å². The van der Waals surface area contributed by atoms with Crippen molar-refractivity contribution in [2.45, 2.75) is 36.0 Å². The normalized spacial score (nSPS) is 16.6. The smallest absolute Gasteiger partial charge is 0.286 e. The first-order chi connectivity index (χ1) is 17.0. The first kappa shape index (κ1) is 24.5. The lowest BCUT2D eigenvalue weighted by molar-refractivity contribution is -0.119. The van der Waals surface area contributed by atoms with Crippen LogP contribution in [0.5, 0.6) is 0 Å². The monoisotopic (exact) mass is 546 g/mol. The molecule has 0 aliphatic carbocycles. The Morgan fingerprint density at radius 2 is 1.81 bits per heavy atom. The van der Waals surface area contributed by atoms with Crippen LogP contribution in [0.3, 0.4) is 0 Å². The van der Waals surface area contributed by atoms with E-state index in [2.05, 4.69) is 20.5 Å². The van der Waals surface area contributed by atoms with Gasteiger partial charge in [-0.1, -0.05) is 42.1 Å². The molecular formula is C23H19FN4O5S3. The van der Waals surface area contributed by atoms with Gasteiger partial charge in [-0.15, -0.1) is 21.5 Å². The number of hydrogen-bond donors (Lipinski definition) is 1. The lowest BCUT2D eigenvalue weighted by Crippen LogP contribution is -2.30. The number of carbonyl (C=O) groups excluding carboxylic acids is 2. The Hall–Kier alpha value is -3.16. The molecule has 2 aromatic heterocycles. The van der Waals surface area contributed by atoms with Crippen LogP contribution < -0.4 is 5.32 Å². The molecule has 5 rings (SSSR count). The van der Waals surface area contributed by atoms with Crippen LogP contribution in [0.15, 0.2) is 46.9 Å². The molecule has 13 heteroatoms. The largest absolute Gasteiger partial charge is 0.424 e. The van der Waals surface area contributed by atoms with Crippen LogP contribution in [0.25, 0.3) is 21.3 Å². The fourth-order valence-electron chi connectivity index (χ4n) is 3.63. The highest BCUT2D eigenvalue weighted by molar-refractivity contribution is 8.15. The third kappa shape index (κ3) is 4.53. The van der Waals surface area contributed by atoms with Gasteiger partial charge in [-0.25, -0.2) is 17.8 Å². The van der Waals surface area contributed by atoms with Gasteiger partial charge in [0, 0.05) is 6.42 Å². The van der Waals surface area contributed by atoms with Crippen LogP contribution >= 0.6 is 23.1 Å². The Kier molecular flexibility index (Phi) is 6.17. The van der Waals surface area contributed by atoms with Crippen LogP contribution in [0, 0.1) is 5.82 Å². The van der Waals surface area contributed by atoms with E-state index >= 15 is 0 Å². The molecule has 36 heavy (non-hydrogen) atoms. The van der Waals surface area contributed by atoms with Gasteiger partial charge in [0.2, 0.25) is 17.7 Å². The maximum absolute atomic E-state index is 14.9. The molecule has 4 aromatic rings. The molecule has 2 aromatic carbocycles. The molecule has 1 fully saturated rings. The van der Waals surface area contributed by atoms with Crippen molar-refractivity contribution in [1.82, 2.24) is 20.5 Å². The summed E-state index contributed by atoms with van der Waals surface area (Å²) in [5.41, 5.74) is 1.62. The van der Waals surface area contributed by atoms with Crippen molar-refractivity contribution in [2.24, 2.45) is 0 Å². The third-order valence-electron chi connectivity index (χ3n) is 5.80. The number of nitrogens with zero attached hydrogens (tertiary/aromatic N) is 3. The lowest BCUT2D eigenvalue weighted by atomic mass is 10.1. The maximum Gasteiger partial charge on any atom is 0.286 e. The number of rotatable bonds is 7. The van der Waals surface area contributed by atoms with Gasteiger partial charge in [0.15, 0.2) is 15.7 Å². The van der Waals surface area contributed by atoms with Crippen molar-refractivity contribution < 1.29 is 26.8 Å². The second-order valence-corrected chi connectivity index (χ2v) is 13.4. The summed E-state index contributed by atoms with van der Waals surface area (Å²) < 4.78 is 46.1. The summed E-state index contributed by atoms with van der Waals surface area (Å²) in [4.78, 5) is 27.4. The predicted octanol–water partition coefficient (Wildman–Crippen LogP) is 4.23. The third-order valence-corrected chi connectivity index (χ3v) is 10.6. The van der Waals surface area contributed by atoms with Crippen molar-refractivity contribution in [3.63, 3.8) is 0 Å². The minimum Gasteiger partial charge on any atom is -0.424 e. The number of aromatic nitrogens is 3. The lowest BCUT2D eigenvalue weighted by Gasteiger charge is -2.21. The Morgan fingerprint density at radius 3 is 2.50 bits per heavy atom. The zero-order valence-corrected chi connectivity index (χ0v) is 21.5. The Labute approximate surface area is 213 Å². The molecular weight excluding hydrogens is 527 g/mol. The zero-order chi connectivity index (χ0) is 25.7. The molecule has 1 N–H and O–H groups in total. The number of fused-ring (bicyclic) bond motifs is 1. The van der Waals surface area contributed by atoms with Gasteiger partial charge in [-0.05, 0) is 37.1 Å². The molecule has 2 amide bonds. The Morgan fingerprint density at radius 1 is 1.08 bits per heavy atom. The number of thioether (sulfide) groups is 1. The van der Waals surface area contributed by atoms with Crippen molar-refractivity contribution >= 4 is 54.3 Å². The first-order valence-electron chi connectivity index (χ1n) is 10.7. The number of halogens is 1. The van der Waals surface area contributed by atoms with E-state index in [1.54, 1.807) is 6.07 Å². The number of benzene rings is 2. The molecule has 0 spiro atoms. The fraction of sp³-hybridized carbons (Fsp3) is 0.261. The van der Waals surface area contributed by atoms with Crippen molar-refractivity contribution in [1.29, 1.82) is 0 Å². The summed E-state index contributed by atoms with van der Waals surface area (Å²) in [5.74, 6) is -1.65. The number of amides is 2. The van der Waals surface area contributed by atoms with Gasteiger partial charge >= 0.3 is 0 Å². The zero-order valence-electron chi connectivity index (χ0n) is 19.0. The molecule has 0 radical (unpaired) electrons. The van der Waals surface area contributed by atoms with Crippen LogP contribution in [0.4, 0.5) is 9.18 Å². The predicted molar refractivity (Wildman–Crippen MR) is 134 cm³/mol. The Balaban J connectivity index is 1.39. The van der Waals surface area contributed by atoms with Gasteiger partial charge < -0.3 is 4.42 Å². The summed E-state index contributed by atoms with van der Waals surface area (Å²) in [6, 6.07) is 12.5. The summed E-state index contributed by atoms with van der Waals surface area (Å²) in [5, 5.41) is 8.84. The highest BCUT2D eigenvalue weighted by atomic mass is 32.2. The molecule has 1 aliphatic rings. The van der Waals surface area contributed by atoms with Crippen molar-refractivity contribution in [3.8, 4) is 11.1 Å². The van der Waals surface area contributed by atoms with Crippen molar-refractivity contribution in [2.75, 3.05) is 0 Å². The number of sulfone groups is 1. The second kappa shape index (κ2) is 9.05. The van der Waals surface area contributed by atoms with E-state index in [0.717, 1.165) is 28.7 Å². The quantitative estimate of drug-likeness (QED) is 0.362. The fourth-order valence-corrected chi connectivity index (χ4v) is 7.08. The van der Waals surface area contributed by atoms with E-state index < -0.39 is 42.6 Å². The highest BCUT2D eigenvalue weighted by Gasteiger charge is 2.41. The van der Waals surface area contributed by atoms with Gasteiger partial charge in [0.05, 0.1) is 4.70 Å². The van der Waals surface area contributed by atoms with Gasteiger partial charge in [0.1, 0.15) is 26.3 Å². The molecule has 186 valence electrons. The van der Waals surface area contributed by atoms with E-state index in [-0.39, 0.29) is 28.7 Å². The number of nitrogens with one attached hydrogen (secondary N) is 1. The molecule has 3 heterocycles. The molecule has 0 saturated carbocycles. The van der Waals surface area contributed by atoms with Gasteiger partial charge in [0.25, 0.3) is 5.24 Å². The summed E-state index contributed by atoms with van der Waals surface area (Å²) >= 11 is 1.93. The van der Waals surface area contributed by atoms with E-state index in [4.69, 9.17) is 4.42 Å². The van der Waals surface area contributed by atoms with E-state index in [1.807, 2.05) is 30.3 Å². The summed E-state index contributed by atoms with van der Waals surface area (Å²) in [7, 11) is -3.93. The molecule has 1 aliphatic heterocycles. The van der Waals surface area contributed by atoms with E-state index in [1.165, 1.54) is 19.9 Å². The summed E-state index contributed by atoms with van der Waals surface area (Å²) in [6.45, 7) is 3.00. The molecule has 1 unspecified atom stereocenters.